The van der Waals surface area contributed by atoms with Crippen LogP contribution < -0.4 is 5.32 Å². The van der Waals surface area contributed by atoms with Crippen molar-refractivity contribution in [2.45, 2.75) is 43.2 Å². The lowest BCUT2D eigenvalue weighted by Gasteiger charge is -2.36. The first-order valence-electron chi connectivity index (χ1n) is 17.4. The van der Waals surface area contributed by atoms with Gasteiger partial charge in [0.1, 0.15) is 11.4 Å². The van der Waals surface area contributed by atoms with Gasteiger partial charge in [0, 0.05) is 24.3 Å². The van der Waals surface area contributed by atoms with Crippen LogP contribution >= 0.6 is 11.8 Å². The van der Waals surface area contributed by atoms with Gasteiger partial charge in [0.05, 0.1) is 41.7 Å². The maximum Gasteiger partial charge on any atom is 0.271 e. The number of carbonyl (C=O) groups excluding carboxylic acids is 1. The normalized spacial score (nSPS) is 17.0. The minimum Gasteiger partial charge on any atom is -0.508 e. The van der Waals surface area contributed by atoms with Gasteiger partial charge in [-0.1, -0.05) is 96.7 Å². The van der Waals surface area contributed by atoms with E-state index >= 15 is 0 Å². The Kier molecular flexibility index (Phi) is 10.4. The molecule has 8 rings (SSSR count). The van der Waals surface area contributed by atoms with Crippen molar-refractivity contribution < 1.29 is 24.5 Å². The van der Waals surface area contributed by atoms with Crippen LogP contribution in [0.1, 0.15) is 51.6 Å². The van der Waals surface area contributed by atoms with E-state index in [1.807, 2.05) is 97.1 Å². The molecule has 0 aliphatic carbocycles. The van der Waals surface area contributed by atoms with Crippen molar-refractivity contribution in [3.05, 3.63) is 155 Å². The molecule has 3 N–H and O–H groups in total. The summed E-state index contributed by atoms with van der Waals surface area (Å²) in [5, 5.41) is 35.2. The van der Waals surface area contributed by atoms with Crippen molar-refractivity contribution in [3.63, 3.8) is 0 Å². The number of phenols is 1. The molecular formula is C41H35N7O5S. The molecule has 1 saturated heterocycles. The van der Waals surface area contributed by atoms with Gasteiger partial charge in [-0.05, 0) is 74.6 Å². The molecule has 5 aromatic carbocycles. The Hall–Kier alpha value is -5.99. The van der Waals surface area contributed by atoms with Crippen LogP contribution in [0.3, 0.4) is 0 Å². The second-order valence-electron chi connectivity index (χ2n) is 12.8. The number of phenolic OH excluding ortho intramolecular Hbond substituents is 1. The molecule has 1 aliphatic heterocycles. The van der Waals surface area contributed by atoms with Crippen LogP contribution in [0.2, 0.25) is 0 Å². The number of aromatic nitrogens is 6. The number of aromatic hydroxyl groups is 1. The average Bonchev–Trinajstić information content (AvgIpc) is 3.71. The number of amides is 1. The molecule has 1 amide bonds. The second kappa shape index (κ2) is 15.9. The van der Waals surface area contributed by atoms with Gasteiger partial charge < -0.3 is 25.0 Å². The predicted molar refractivity (Wildman–Crippen MR) is 203 cm³/mol. The Bertz CT molecular complexity index is 2370. The third-order valence-electron chi connectivity index (χ3n) is 9.18. The molecule has 270 valence electrons. The predicted octanol–water partition coefficient (Wildman–Crippen LogP) is 6.74. The monoisotopic (exact) mass is 737 g/mol. The maximum atomic E-state index is 13.0. The van der Waals surface area contributed by atoms with Gasteiger partial charge in [0.25, 0.3) is 5.91 Å². The molecule has 2 aromatic heterocycles. The Balaban J connectivity index is 0.986. The highest BCUT2D eigenvalue weighted by atomic mass is 32.2. The summed E-state index contributed by atoms with van der Waals surface area (Å²) in [6.07, 6.45) is 0.983. The zero-order chi connectivity index (χ0) is 36.9. The molecule has 0 unspecified atom stereocenters. The number of hydrogen-bond acceptors (Lipinski definition) is 11. The molecule has 1 aliphatic rings. The molecule has 13 heteroatoms. The zero-order valence-corrected chi connectivity index (χ0v) is 29.7. The number of thioether (sulfide) groups is 1. The highest BCUT2D eigenvalue weighted by Crippen LogP contribution is 2.40. The standard InChI is InChI=1S/C41H35N7O5S/c49-24-26-9-11-28(12-10-26)38-21-33(25-54-41-45-46-47-48(41)31-17-19-32(50)20-18-31)52-40(53-38)29-15-13-27(14-16-29)34-6-2-1-5-30(34)22-43-39(51)37-23-42-35-7-3-4-8-36(35)44-37/h1-20,23,33,38,40,49-50H,21-22,24-25H2,(H,43,51)/t33-,38+,40+/m0/s1. The van der Waals surface area contributed by atoms with E-state index in [2.05, 4.69) is 30.8 Å². The average molecular weight is 738 g/mol. The van der Waals surface area contributed by atoms with E-state index < -0.39 is 6.29 Å². The molecular weight excluding hydrogens is 703 g/mol. The van der Waals surface area contributed by atoms with E-state index in [0.717, 1.165) is 44.6 Å². The number of carbonyl (C=O) groups is 1. The third-order valence-corrected chi connectivity index (χ3v) is 10.2. The number of hydrogen-bond donors (Lipinski definition) is 3. The molecule has 54 heavy (non-hydrogen) atoms. The van der Waals surface area contributed by atoms with Crippen LogP contribution in [-0.2, 0) is 22.6 Å². The van der Waals surface area contributed by atoms with Crippen LogP contribution in [0.25, 0.3) is 27.8 Å². The van der Waals surface area contributed by atoms with Gasteiger partial charge in [-0.2, -0.15) is 4.68 Å². The molecule has 0 spiro atoms. The summed E-state index contributed by atoms with van der Waals surface area (Å²) >= 11 is 1.48. The van der Waals surface area contributed by atoms with E-state index in [4.69, 9.17) is 9.47 Å². The first-order chi connectivity index (χ1) is 26.5. The number of nitrogens with one attached hydrogen (secondary N) is 1. The number of ether oxygens (including phenoxy) is 2. The fraction of sp³-hybridized carbons (Fsp3) is 0.171. The van der Waals surface area contributed by atoms with Gasteiger partial charge in [-0.15, -0.1) is 5.10 Å². The minimum absolute atomic E-state index is 0.0342. The third kappa shape index (κ3) is 7.84. The maximum absolute atomic E-state index is 13.0. The van der Waals surface area contributed by atoms with Crippen molar-refractivity contribution in [1.29, 1.82) is 0 Å². The lowest BCUT2D eigenvalue weighted by molar-refractivity contribution is -0.245. The largest absolute Gasteiger partial charge is 0.508 e. The van der Waals surface area contributed by atoms with E-state index in [-0.39, 0.29) is 36.2 Å². The number of tetrazole rings is 1. The highest BCUT2D eigenvalue weighted by Gasteiger charge is 2.33. The van der Waals surface area contributed by atoms with Crippen LogP contribution in [0.15, 0.2) is 133 Å². The van der Waals surface area contributed by atoms with Crippen molar-refractivity contribution in [3.8, 4) is 22.6 Å². The van der Waals surface area contributed by atoms with Gasteiger partial charge in [-0.3, -0.25) is 9.78 Å². The lowest BCUT2D eigenvalue weighted by Crippen LogP contribution is -2.31. The molecule has 3 heterocycles. The van der Waals surface area contributed by atoms with Crippen molar-refractivity contribution in [2.75, 3.05) is 5.75 Å². The number of aliphatic hydroxyl groups is 1. The summed E-state index contributed by atoms with van der Waals surface area (Å²) in [5.41, 5.74) is 8.00. The quantitative estimate of drug-likeness (QED) is 0.121. The van der Waals surface area contributed by atoms with Gasteiger partial charge in [-0.25, -0.2) is 4.98 Å². The Morgan fingerprint density at radius 2 is 1.59 bits per heavy atom. The van der Waals surface area contributed by atoms with Gasteiger partial charge in [0.2, 0.25) is 5.16 Å². The number of benzene rings is 5. The number of para-hydroxylation sites is 2. The molecule has 3 atom stereocenters. The summed E-state index contributed by atoms with van der Waals surface area (Å²) in [6.45, 7) is 0.278. The van der Waals surface area contributed by atoms with E-state index in [9.17, 15) is 15.0 Å². The Morgan fingerprint density at radius 3 is 2.39 bits per heavy atom. The van der Waals surface area contributed by atoms with Crippen molar-refractivity contribution >= 4 is 28.7 Å². The molecule has 0 bridgehead atoms. The van der Waals surface area contributed by atoms with Crippen molar-refractivity contribution in [2.24, 2.45) is 0 Å². The summed E-state index contributed by atoms with van der Waals surface area (Å²) in [7, 11) is 0. The Morgan fingerprint density at radius 1 is 0.852 bits per heavy atom. The molecule has 0 saturated carbocycles. The summed E-state index contributed by atoms with van der Waals surface area (Å²) in [6, 6.07) is 38.0. The van der Waals surface area contributed by atoms with Gasteiger partial charge in [0.15, 0.2) is 6.29 Å². The van der Waals surface area contributed by atoms with Crippen LogP contribution in [0.4, 0.5) is 0 Å². The molecule has 0 radical (unpaired) electrons. The van der Waals surface area contributed by atoms with E-state index in [1.165, 1.54) is 18.0 Å². The van der Waals surface area contributed by atoms with Crippen LogP contribution in [0.5, 0.6) is 5.75 Å². The second-order valence-corrected chi connectivity index (χ2v) is 13.7. The Labute approximate surface area is 314 Å². The molecule has 1 fully saturated rings. The zero-order valence-electron chi connectivity index (χ0n) is 28.9. The van der Waals surface area contributed by atoms with E-state index in [1.54, 1.807) is 28.9 Å². The molecule has 7 aromatic rings. The smallest absolute Gasteiger partial charge is 0.271 e. The first kappa shape index (κ1) is 35.1. The summed E-state index contributed by atoms with van der Waals surface area (Å²) in [5.74, 6) is 0.427. The topological polar surface area (TPSA) is 157 Å². The minimum atomic E-state index is -0.647. The first-order valence-corrected chi connectivity index (χ1v) is 18.4. The summed E-state index contributed by atoms with van der Waals surface area (Å²) in [4.78, 5) is 21.9. The highest BCUT2D eigenvalue weighted by molar-refractivity contribution is 7.99. The SMILES string of the molecule is O=C(NCc1ccccc1-c1ccc([C@@H]2O[C@H](CSc3nnnn3-c3ccc(O)cc3)C[C@H](c3ccc(CO)cc3)O2)cc1)c1cnc2ccccc2n1. The number of aliphatic hydroxyl groups excluding tert-OH is 1. The van der Waals surface area contributed by atoms with Gasteiger partial charge >= 0.3 is 0 Å². The number of nitrogens with zero attached hydrogens (tertiary/aromatic N) is 6. The van der Waals surface area contributed by atoms with E-state index in [0.29, 0.717) is 29.4 Å². The molecule has 12 nitrogen and oxygen atoms in total. The number of fused-ring (bicyclic) bond motifs is 1. The fourth-order valence-corrected chi connectivity index (χ4v) is 7.23. The van der Waals surface area contributed by atoms with Crippen LogP contribution in [-0.4, -0.2) is 58.2 Å². The van der Waals surface area contributed by atoms with Crippen molar-refractivity contribution in [1.82, 2.24) is 35.5 Å². The number of rotatable bonds is 11. The lowest BCUT2D eigenvalue weighted by atomic mass is 9.97. The fourth-order valence-electron chi connectivity index (χ4n) is 6.32. The van der Waals surface area contributed by atoms with Crippen LogP contribution in [0, 0.1) is 0 Å². The summed E-state index contributed by atoms with van der Waals surface area (Å²) < 4.78 is 14.8.